The van der Waals surface area contributed by atoms with Crippen molar-refractivity contribution in [2.45, 2.75) is 45.4 Å². The molecule has 0 aliphatic carbocycles. The monoisotopic (exact) mass is 264 g/mol. The van der Waals surface area contributed by atoms with Crippen LogP contribution < -0.4 is 0 Å². The molecule has 0 aromatic carbocycles. The van der Waals surface area contributed by atoms with E-state index in [1.807, 2.05) is 13.8 Å². The maximum Gasteiger partial charge on any atom is 0.305 e. The summed E-state index contributed by atoms with van der Waals surface area (Å²) in [5, 5.41) is -0.185. The second-order valence-corrected chi connectivity index (χ2v) is 5.14. The average Bonchev–Trinajstić information content (AvgIpc) is 2.23. The third-order valence-electron chi connectivity index (χ3n) is 1.81. The van der Waals surface area contributed by atoms with E-state index in [1.165, 1.54) is 0 Å². The highest BCUT2D eigenvalue weighted by Gasteiger charge is 2.08. The Labute approximate surface area is 108 Å². The molecule has 0 bridgehead atoms. The highest BCUT2D eigenvalue weighted by atomic mass is 35.5. The minimum Gasteiger partial charge on any atom is -0.465 e. The van der Waals surface area contributed by atoms with E-state index >= 15 is 0 Å². The van der Waals surface area contributed by atoms with E-state index in [0.29, 0.717) is 18.9 Å². The van der Waals surface area contributed by atoms with E-state index in [1.54, 1.807) is 6.92 Å². The Morgan fingerprint density at radius 3 is 1.88 bits per heavy atom. The van der Waals surface area contributed by atoms with Crippen molar-refractivity contribution in [2.24, 2.45) is 5.92 Å². The Bertz CT molecular complexity index is 215. The molecular weight excluding hydrogens is 244 g/mol. The van der Waals surface area contributed by atoms with Gasteiger partial charge in [-0.2, -0.15) is 0 Å². The van der Waals surface area contributed by atoms with Gasteiger partial charge in [0.05, 0.1) is 12.0 Å². The SMILES string of the molecule is CC(C)COC(=O)CCCC(=O)OCC(C)Cl. The molecule has 0 aromatic rings. The quantitative estimate of drug-likeness (QED) is 0.499. The molecule has 1 unspecified atom stereocenters. The van der Waals surface area contributed by atoms with Gasteiger partial charge in [0.1, 0.15) is 6.61 Å². The minimum atomic E-state index is -0.325. The Morgan fingerprint density at radius 1 is 1.00 bits per heavy atom. The molecule has 0 aromatic heterocycles. The first-order chi connectivity index (χ1) is 7.91. The number of hydrogen-bond donors (Lipinski definition) is 0. The van der Waals surface area contributed by atoms with Gasteiger partial charge in [0.15, 0.2) is 0 Å². The van der Waals surface area contributed by atoms with Crippen LogP contribution in [0.25, 0.3) is 0 Å². The van der Waals surface area contributed by atoms with Crippen LogP contribution in [0.1, 0.15) is 40.0 Å². The maximum atomic E-state index is 11.2. The van der Waals surface area contributed by atoms with Crippen LogP contribution in [0, 0.1) is 5.92 Å². The van der Waals surface area contributed by atoms with Crippen LogP contribution in [-0.4, -0.2) is 30.5 Å². The van der Waals surface area contributed by atoms with Gasteiger partial charge in [0, 0.05) is 12.8 Å². The van der Waals surface area contributed by atoms with Gasteiger partial charge in [-0.25, -0.2) is 0 Å². The van der Waals surface area contributed by atoms with Crippen molar-refractivity contribution < 1.29 is 19.1 Å². The summed E-state index contributed by atoms with van der Waals surface area (Å²) in [5.41, 5.74) is 0. The van der Waals surface area contributed by atoms with Crippen molar-refractivity contribution in [3.05, 3.63) is 0 Å². The van der Waals surface area contributed by atoms with Gasteiger partial charge in [0.25, 0.3) is 0 Å². The normalized spacial score (nSPS) is 12.3. The molecule has 0 saturated carbocycles. The third-order valence-corrected chi connectivity index (χ3v) is 1.94. The molecule has 0 radical (unpaired) electrons. The van der Waals surface area contributed by atoms with Gasteiger partial charge in [-0.05, 0) is 19.3 Å². The van der Waals surface area contributed by atoms with Crippen LogP contribution in [0.2, 0.25) is 0 Å². The summed E-state index contributed by atoms with van der Waals surface area (Å²) in [6.45, 7) is 6.32. The van der Waals surface area contributed by atoms with Gasteiger partial charge < -0.3 is 9.47 Å². The molecular formula is C12H21ClO4. The smallest absolute Gasteiger partial charge is 0.305 e. The molecule has 0 saturated heterocycles. The number of carbonyl (C=O) groups is 2. The van der Waals surface area contributed by atoms with Crippen LogP contribution >= 0.6 is 11.6 Å². The fraction of sp³-hybridized carbons (Fsp3) is 0.833. The number of alkyl halides is 1. The zero-order valence-corrected chi connectivity index (χ0v) is 11.5. The first-order valence-corrected chi connectivity index (χ1v) is 6.30. The second-order valence-electron chi connectivity index (χ2n) is 4.39. The molecule has 17 heavy (non-hydrogen) atoms. The van der Waals surface area contributed by atoms with E-state index in [0.717, 1.165) is 0 Å². The van der Waals surface area contributed by atoms with E-state index in [2.05, 4.69) is 0 Å². The lowest BCUT2D eigenvalue weighted by Gasteiger charge is -2.07. The van der Waals surface area contributed by atoms with Gasteiger partial charge in [-0.1, -0.05) is 13.8 Å². The standard InChI is InChI=1S/C12H21ClO4/c1-9(2)7-16-11(14)5-4-6-12(15)17-8-10(3)13/h9-10H,4-8H2,1-3H3. The van der Waals surface area contributed by atoms with E-state index in [4.69, 9.17) is 21.1 Å². The fourth-order valence-electron chi connectivity index (χ4n) is 0.989. The zero-order valence-electron chi connectivity index (χ0n) is 10.7. The highest BCUT2D eigenvalue weighted by Crippen LogP contribution is 2.03. The Morgan fingerprint density at radius 2 is 1.47 bits per heavy atom. The van der Waals surface area contributed by atoms with Crippen LogP contribution in [0.15, 0.2) is 0 Å². The van der Waals surface area contributed by atoms with Crippen molar-refractivity contribution in [3.8, 4) is 0 Å². The summed E-state index contributed by atoms with van der Waals surface area (Å²) in [6.07, 6.45) is 0.922. The fourth-order valence-corrected chi connectivity index (χ4v) is 1.05. The summed E-state index contributed by atoms with van der Waals surface area (Å²) in [7, 11) is 0. The van der Waals surface area contributed by atoms with E-state index in [9.17, 15) is 9.59 Å². The molecule has 0 spiro atoms. The lowest BCUT2D eigenvalue weighted by atomic mass is 10.2. The van der Waals surface area contributed by atoms with Gasteiger partial charge in [0.2, 0.25) is 0 Å². The Balaban J connectivity index is 3.49. The van der Waals surface area contributed by atoms with E-state index in [-0.39, 0.29) is 36.8 Å². The topological polar surface area (TPSA) is 52.6 Å². The van der Waals surface area contributed by atoms with Crippen LogP contribution in [-0.2, 0) is 19.1 Å². The number of hydrogen-bond acceptors (Lipinski definition) is 4. The molecule has 0 N–H and O–H groups in total. The molecule has 0 rings (SSSR count). The summed E-state index contributed by atoms with van der Waals surface area (Å²) in [5.74, 6) is -0.263. The summed E-state index contributed by atoms with van der Waals surface area (Å²) in [6, 6.07) is 0. The largest absolute Gasteiger partial charge is 0.465 e. The molecule has 5 heteroatoms. The number of halogens is 1. The minimum absolute atomic E-state index is 0.185. The lowest BCUT2D eigenvalue weighted by Crippen LogP contribution is -2.13. The highest BCUT2D eigenvalue weighted by molar-refractivity contribution is 6.20. The Kier molecular flexibility index (Phi) is 8.86. The zero-order chi connectivity index (χ0) is 13.3. The predicted octanol–water partition coefficient (Wildman–Crippen LogP) is 2.53. The first kappa shape index (κ1) is 16.2. The van der Waals surface area contributed by atoms with Crippen LogP contribution in [0.3, 0.4) is 0 Å². The Hall–Kier alpha value is -0.770. The molecule has 0 aliphatic rings. The number of esters is 2. The number of carbonyl (C=O) groups excluding carboxylic acids is 2. The van der Waals surface area contributed by atoms with Gasteiger partial charge in [-0.3, -0.25) is 9.59 Å². The molecule has 1 atom stereocenters. The van der Waals surface area contributed by atoms with Gasteiger partial charge in [-0.15, -0.1) is 11.6 Å². The third kappa shape index (κ3) is 11.5. The van der Waals surface area contributed by atoms with Crippen LogP contribution in [0.5, 0.6) is 0 Å². The summed E-state index contributed by atoms with van der Waals surface area (Å²) >= 11 is 5.63. The van der Waals surface area contributed by atoms with Crippen LogP contribution in [0.4, 0.5) is 0 Å². The van der Waals surface area contributed by atoms with Crippen molar-refractivity contribution in [1.82, 2.24) is 0 Å². The molecule has 0 heterocycles. The van der Waals surface area contributed by atoms with Gasteiger partial charge >= 0.3 is 11.9 Å². The van der Waals surface area contributed by atoms with Crippen molar-refractivity contribution in [1.29, 1.82) is 0 Å². The molecule has 0 amide bonds. The average molecular weight is 265 g/mol. The second kappa shape index (κ2) is 9.28. The molecule has 0 fully saturated rings. The van der Waals surface area contributed by atoms with Crippen molar-refractivity contribution >= 4 is 23.5 Å². The molecule has 0 aliphatic heterocycles. The van der Waals surface area contributed by atoms with Crippen molar-refractivity contribution in [3.63, 3.8) is 0 Å². The van der Waals surface area contributed by atoms with E-state index < -0.39 is 0 Å². The number of ether oxygens (including phenoxy) is 2. The number of rotatable bonds is 8. The molecule has 4 nitrogen and oxygen atoms in total. The predicted molar refractivity (Wildman–Crippen MR) is 65.9 cm³/mol. The molecule has 100 valence electrons. The maximum absolute atomic E-state index is 11.2. The lowest BCUT2D eigenvalue weighted by molar-refractivity contribution is -0.146. The summed E-state index contributed by atoms with van der Waals surface area (Å²) in [4.78, 5) is 22.4. The van der Waals surface area contributed by atoms with Crippen molar-refractivity contribution in [2.75, 3.05) is 13.2 Å². The first-order valence-electron chi connectivity index (χ1n) is 5.87. The summed E-state index contributed by atoms with van der Waals surface area (Å²) < 4.78 is 9.83.